The topological polar surface area (TPSA) is 3.24 Å². The first-order chi connectivity index (χ1) is 6.84. The van der Waals surface area contributed by atoms with E-state index in [0.29, 0.717) is 0 Å². The molecule has 0 aromatic heterocycles. The monoisotopic (exact) mass is 315 g/mol. The predicted octanol–water partition coefficient (Wildman–Crippen LogP) is 4.90. The molecule has 0 amide bonds. The maximum atomic E-state index is 6.15. The minimum Gasteiger partial charge on any atom is -0.346 e. The van der Waals surface area contributed by atoms with Crippen LogP contribution in [0.4, 0.5) is 0 Å². The summed E-state index contributed by atoms with van der Waals surface area (Å²) in [6.07, 6.45) is 1.16. The molecule has 0 bridgehead atoms. The largest absolute Gasteiger partial charge is 0.346 e. The Morgan fingerprint density at radius 1 is 0.812 bits per heavy atom. The molecule has 6 heteroatoms. The molecule has 16 heavy (non-hydrogen) atoms. The summed E-state index contributed by atoms with van der Waals surface area (Å²) in [6.45, 7) is 15.9. The summed E-state index contributed by atoms with van der Waals surface area (Å²) >= 11 is 12.3. The maximum Gasteiger partial charge on any atom is 0.248 e. The Hall–Kier alpha value is 1.19. The number of hydrogen-bond donors (Lipinski definition) is 0. The van der Waals surface area contributed by atoms with Crippen LogP contribution in [-0.2, 0) is 0 Å². The highest BCUT2D eigenvalue weighted by Crippen LogP contribution is 2.25. The molecule has 0 aliphatic carbocycles. The standard InChI is InChI=1S/C10H27Cl2NSi3/c1-14(2,3)13(15(4,5)6)9-8-10-16(7,11)12/h8-10H2,1-7H3. The molecule has 0 aliphatic heterocycles. The molecule has 0 fully saturated rings. The normalized spacial score (nSPS) is 14.6. The molecule has 0 spiro atoms. The first kappa shape index (κ1) is 17.2. The summed E-state index contributed by atoms with van der Waals surface area (Å²) in [5, 5.41) is 0. The van der Waals surface area contributed by atoms with Gasteiger partial charge in [-0.25, -0.2) is 0 Å². The van der Waals surface area contributed by atoms with Gasteiger partial charge in [-0.15, -0.1) is 22.2 Å². The van der Waals surface area contributed by atoms with Gasteiger partial charge in [0, 0.05) is 0 Å². The molecular formula is C10H27Cl2NSi3. The van der Waals surface area contributed by atoms with Crippen molar-refractivity contribution in [1.82, 2.24) is 4.23 Å². The van der Waals surface area contributed by atoms with Crippen molar-refractivity contribution in [3.8, 4) is 0 Å². The summed E-state index contributed by atoms with van der Waals surface area (Å²) < 4.78 is 2.80. The van der Waals surface area contributed by atoms with E-state index >= 15 is 0 Å². The van der Waals surface area contributed by atoms with E-state index in [2.05, 4.69) is 43.5 Å². The molecule has 0 atom stereocenters. The smallest absolute Gasteiger partial charge is 0.248 e. The van der Waals surface area contributed by atoms with Gasteiger partial charge >= 0.3 is 0 Å². The lowest BCUT2D eigenvalue weighted by Crippen LogP contribution is -2.59. The van der Waals surface area contributed by atoms with E-state index in [9.17, 15) is 0 Å². The number of nitrogens with zero attached hydrogens (tertiary/aromatic N) is 1. The minimum atomic E-state index is -1.89. The summed E-state index contributed by atoms with van der Waals surface area (Å²) in [7, 11) is -2.39. The van der Waals surface area contributed by atoms with Gasteiger partial charge in [0.15, 0.2) is 0 Å². The number of rotatable bonds is 6. The van der Waals surface area contributed by atoms with Gasteiger partial charge in [-0.05, 0) is 25.6 Å². The van der Waals surface area contributed by atoms with Crippen LogP contribution in [0.25, 0.3) is 0 Å². The van der Waals surface area contributed by atoms with E-state index in [1.165, 1.54) is 6.54 Å². The van der Waals surface area contributed by atoms with Crippen molar-refractivity contribution in [2.45, 2.75) is 58.3 Å². The van der Waals surface area contributed by atoms with E-state index in [4.69, 9.17) is 22.2 Å². The van der Waals surface area contributed by atoms with E-state index in [1.807, 2.05) is 6.55 Å². The fourth-order valence-corrected chi connectivity index (χ4v) is 13.5. The van der Waals surface area contributed by atoms with Crippen LogP contribution in [0.2, 0.25) is 51.9 Å². The average Bonchev–Trinajstić information content (AvgIpc) is 1.90. The molecular weight excluding hydrogens is 289 g/mol. The highest BCUT2D eigenvalue weighted by atomic mass is 35.7. The zero-order valence-corrected chi connectivity index (χ0v) is 16.3. The third kappa shape index (κ3) is 7.50. The summed E-state index contributed by atoms with van der Waals surface area (Å²) in [4.78, 5) is 0. The predicted molar refractivity (Wildman–Crippen MR) is 86.1 cm³/mol. The van der Waals surface area contributed by atoms with Gasteiger partial charge in [0.2, 0.25) is 6.69 Å². The van der Waals surface area contributed by atoms with E-state index in [0.717, 1.165) is 12.5 Å². The molecule has 0 aromatic carbocycles. The van der Waals surface area contributed by atoms with Crippen molar-refractivity contribution in [3.63, 3.8) is 0 Å². The summed E-state index contributed by atoms with van der Waals surface area (Å²) in [6, 6.07) is 1.02. The van der Waals surface area contributed by atoms with Crippen LogP contribution in [-0.4, -0.2) is 33.9 Å². The lowest BCUT2D eigenvalue weighted by atomic mass is 10.5. The quantitative estimate of drug-likeness (QED) is 0.498. The average molecular weight is 316 g/mol. The molecule has 98 valence electrons. The minimum absolute atomic E-state index is 1.02. The van der Waals surface area contributed by atoms with Gasteiger partial charge in [0.25, 0.3) is 0 Å². The van der Waals surface area contributed by atoms with Gasteiger partial charge in [0.05, 0.1) is 0 Å². The van der Waals surface area contributed by atoms with Crippen LogP contribution in [0.1, 0.15) is 6.42 Å². The van der Waals surface area contributed by atoms with Crippen molar-refractivity contribution in [2.75, 3.05) is 6.54 Å². The van der Waals surface area contributed by atoms with Gasteiger partial charge in [0.1, 0.15) is 16.5 Å². The number of hydrogen-bond acceptors (Lipinski definition) is 1. The third-order valence-electron chi connectivity index (χ3n) is 2.62. The van der Waals surface area contributed by atoms with Gasteiger partial charge < -0.3 is 4.23 Å². The first-order valence-electron chi connectivity index (χ1n) is 5.99. The van der Waals surface area contributed by atoms with Crippen LogP contribution in [0.5, 0.6) is 0 Å². The molecule has 0 saturated carbocycles. The summed E-state index contributed by atoms with van der Waals surface area (Å²) in [5.41, 5.74) is 0. The van der Waals surface area contributed by atoms with Crippen LogP contribution in [0.3, 0.4) is 0 Å². The van der Waals surface area contributed by atoms with Crippen LogP contribution in [0.15, 0.2) is 0 Å². The SMILES string of the molecule is C[Si](Cl)(Cl)CCCN([Si](C)(C)C)[Si](C)(C)C. The van der Waals surface area contributed by atoms with Gasteiger partial charge in [-0.3, -0.25) is 0 Å². The molecule has 0 aromatic rings. The Morgan fingerprint density at radius 3 is 1.44 bits per heavy atom. The molecule has 0 unspecified atom stereocenters. The van der Waals surface area contributed by atoms with Crippen LogP contribution >= 0.6 is 22.2 Å². The molecule has 0 heterocycles. The zero-order chi connectivity index (χ0) is 13.2. The Kier molecular flexibility index (Phi) is 6.33. The molecule has 0 N–H and O–H groups in total. The van der Waals surface area contributed by atoms with Crippen molar-refractivity contribution in [2.24, 2.45) is 0 Å². The second-order valence-electron chi connectivity index (χ2n) is 6.67. The molecule has 1 nitrogen and oxygen atoms in total. The molecule has 0 radical (unpaired) electrons. The highest BCUT2D eigenvalue weighted by Gasteiger charge is 2.34. The second-order valence-corrected chi connectivity index (χ2v) is 25.1. The Bertz CT molecular complexity index is 202. The number of halogens is 2. The Balaban J connectivity index is 4.38. The Morgan fingerprint density at radius 2 is 1.19 bits per heavy atom. The van der Waals surface area contributed by atoms with Gasteiger partial charge in [-0.1, -0.05) is 39.3 Å². The zero-order valence-electron chi connectivity index (χ0n) is 11.8. The highest BCUT2D eigenvalue weighted by molar-refractivity contribution is 7.44. The van der Waals surface area contributed by atoms with Crippen molar-refractivity contribution < 1.29 is 0 Å². The second kappa shape index (κ2) is 5.89. The summed E-state index contributed by atoms with van der Waals surface area (Å²) in [5.74, 6) is 0. The van der Waals surface area contributed by atoms with E-state index in [-0.39, 0.29) is 0 Å². The molecule has 0 rings (SSSR count). The maximum absolute atomic E-state index is 6.15. The third-order valence-corrected chi connectivity index (χ3v) is 12.7. The van der Waals surface area contributed by atoms with Crippen molar-refractivity contribution >= 4 is 45.3 Å². The lowest BCUT2D eigenvalue weighted by molar-refractivity contribution is 0.600. The van der Waals surface area contributed by atoms with E-state index in [1.54, 1.807) is 0 Å². The van der Waals surface area contributed by atoms with Crippen molar-refractivity contribution in [1.29, 1.82) is 0 Å². The van der Waals surface area contributed by atoms with Crippen LogP contribution in [0, 0.1) is 0 Å². The van der Waals surface area contributed by atoms with E-state index < -0.39 is 23.2 Å². The van der Waals surface area contributed by atoms with Gasteiger partial charge in [-0.2, -0.15) is 0 Å². The van der Waals surface area contributed by atoms with Crippen LogP contribution < -0.4 is 0 Å². The van der Waals surface area contributed by atoms with Crippen molar-refractivity contribution in [3.05, 3.63) is 0 Å². The Labute approximate surface area is 114 Å². The molecule has 0 saturated heterocycles. The lowest BCUT2D eigenvalue weighted by Gasteiger charge is -2.43. The fraction of sp³-hybridized carbons (Fsp3) is 1.00. The fourth-order valence-electron chi connectivity index (χ4n) is 2.22. The molecule has 0 aliphatic rings. The first-order valence-corrected chi connectivity index (χ1v) is 17.6.